The summed E-state index contributed by atoms with van der Waals surface area (Å²) in [4.78, 5) is 18.6. The number of rotatable bonds is 4. The third kappa shape index (κ3) is 4.74. The normalized spacial score (nSPS) is 17.4. The Morgan fingerprint density at radius 2 is 1.47 bits per heavy atom. The zero-order valence-corrected chi connectivity index (χ0v) is 16.3. The van der Waals surface area contributed by atoms with Crippen LogP contribution in [0.2, 0.25) is 0 Å². The number of halogens is 3. The van der Waals surface area contributed by atoms with Crippen molar-refractivity contribution in [3.63, 3.8) is 0 Å². The van der Waals surface area contributed by atoms with Crippen molar-refractivity contribution in [3.8, 4) is 5.75 Å². The molecule has 0 spiro atoms. The van der Waals surface area contributed by atoms with Crippen LogP contribution in [0.1, 0.15) is 23.2 Å². The topological polar surface area (TPSA) is 61.8 Å². The fourth-order valence-corrected chi connectivity index (χ4v) is 3.75. The number of alkyl halides is 3. The molecule has 1 amide bonds. The number of aromatic nitrogens is 2. The fraction of sp³-hybridized carbons (Fsp3) is 0.450. The van der Waals surface area contributed by atoms with Gasteiger partial charge in [-0.25, -0.2) is 0 Å². The van der Waals surface area contributed by atoms with E-state index in [1.54, 1.807) is 4.90 Å². The Labute approximate surface area is 172 Å². The maximum atomic E-state index is 12.7. The van der Waals surface area contributed by atoms with E-state index >= 15 is 0 Å². The molecule has 0 saturated carbocycles. The van der Waals surface area contributed by atoms with E-state index in [4.69, 9.17) is 0 Å². The molecule has 2 aliphatic heterocycles. The molecule has 2 aliphatic rings. The van der Waals surface area contributed by atoms with E-state index in [0.717, 1.165) is 30.8 Å². The monoisotopic (exact) mass is 421 g/mol. The van der Waals surface area contributed by atoms with Gasteiger partial charge in [0.05, 0.1) is 0 Å². The van der Waals surface area contributed by atoms with Gasteiger partial charge in [-0.05, 0) is 43.2 Å². The number of anilines is 2. The molecule has 4 rings (SSSR count). The zero-order valence-electron chi connectivity index (χ0n) is 16.3. The smallest absolute Gasteiger partial charge is 0.406 e. The summed E-state index contributed by atoms with van der Waals surface area (Å²) in [6, 6.07) is 9.06. The Morgan fingerprint density at radius 1 is 0.867 bits per heavy atom. The average Bonchev–Trinajstić information content (AvgIpc) is 3.27. The standard InChI is InChI=1S/C20H22F3N5O2/c21-20(22,23)30-16-5-3-4-15(14-16)19(29)28-12-10-27(11-13-28)18-7-6-17(24-25-18)26-8-1-2-9-26/h3-7,14H,1-2,8-13H2. The van der Waals surface area contributed by atoms with Crippen LogP contribution in [-0.4, -0.2) is 66.6 Å². The lowest BCUT2D eigenvalue weighted by Gasteiger charge is -2.35. The molecule has 0 aliphatic carbocycles. The minimum Gasteiger partial charge on any atom is -0.406 e. The maximum Gasteiger partial charge on any atom is 0.573 e. The lowest BCUT2D eigenvalue weighted by atomic mass is 10.1. The summed E-state index contributed by atoms with van der Waals surface area (Å²) in [6.45, 7) is 4.04. The fourth-order valence-electron chi connectivity index (χ4n) is 3.75. The van der Waals surface area contributed by atoms with E-state index < -0.39 is 12.1 Å². The molecule has 2 aromatic rings. The van der Waals surface area contributed by atoms with Crippen molar-refractivity contribution in [2.24, 2.45) is 0 Å². The molecule has 0 atom stereocenters. The van der Waals surface area contributed by atoms with E-state index in [2.05, 4.69) is 19.8 Å². The van der Waals surface area contributed by atoms with Crippen molar-refractivity contribution in [2.75, 3.05) is 49.1 Å². The van der Waals surface area contributed by atoms with Crippen LogP contribution < -0.4 is 14.5 Å². The summed E-state index contributed by atoms with van der Waals surface area (Å²) >= 11 is 0. The summed E-state index contributed by atoms with van der Waals surface area (Å²) in [7, 11) is 0. The predicted octanol–water partition coefficient (Wildman–Crippen LogP) is 2.94. The molecule has 0 bridgehead atoms. The molecular formula is C20H22F3N5O2. The van der Waals surface area contributed by atoms with Gasteiger partial charge in [0.25, 0.3) is 5.91 Å². The Kier molecular flexibility index (Phi) is 5.65. The molecule has 3 heterocycles. The number of piperazine rings is 1. The van der Waals surface area contributed by atoms with E-state index in [1.807, 2.05) is 17.0 Å². The lowest BCUT2D eigenvalue weighted by Crippen LogP contribution is -2.49. The minimum atomic E-state index is -4.79. The van der Waals surface area contributed by atoms with E-state index in [0.29, 0.717) is 26.2 Å². The van der Waals surface area contributed by atoms with Crippen LogP contribution in [0.4, 0.5) is 24.8 Å². The number of nitrogens with zero attached hydrogens (tertiary/aromatic N) is 5. The van der Waals surface area contributed by atoms with Gasteiger partial charge in [0.15, 0.2) is 11.6 Å². The Bertz CT molecular complexity index is 877. The molecule has 0 unspecified atom stereocenters. The summed E-state index contributed by atoms with van der Waals surface area (Å²) in [5.41, 5.74) is 0.167. The van der Waals surface area contributed by atoms with Crippen molar-refractivity contribution in [3.05, 3.63) is 42.0 Å². The third-order valence-corrected chi connectivity index (χ3v) is 5.27. The SMILES string of the molecule is O=C(c1cccc(OC(F)(F)F)c1)N1CCN(c2ccc(N3CCCC3)nn2)CC1. The molecule has 7 nitrogen and oxygen atoms in total. The first-order valence-corrected chi connectivity index (χ1v) is 9.88. The minimum absolute atomic E-state index is 0.167. The zero-order chi connectivity index (χ0) is 21.1. The highest BCUT2D eigenvalue weighted by Crippen LogP contribution is 2.24. The summed E-state index contributed by atoms with van der Waals surface area (Å²) in [5, 5.41) is 8.65. The first-order valence-electron chi connectivity index (χ1n) is 9.88. The third-order valence-electron chi connectivity index (χ3n) is 5.27. The van der Waals surface area contributed by atoms with E-state index in [1.165, 1.54) is 31.0 Å². The number of benzene rings is 1. The van der Waals surface area contributed by atoms with Crippen LogP contribution in [0.3, 0.4) is 0 Å². The number of hydrogen-bond acceptors (Lipinski definition) is 6. The van der Waals surface area contributed by atoms with Crippen LogP contribution in [0, 0.1) is 0 Å². The molecule has 160 valence electrons. The first-order chi connectivity index (χ1) is 14.4. The summed E-state index contributed by atoms with van der Waals surface area (Å²) in [5.74, 6) is 0.912. The van der Waals surface area contributed by atoms with Gasteiger partial charge in [0, 0.05) is 44.8 Å². The molecule has 1 aromatic heterocycles. The molecule has 10 heteroatoms. The van der Waals surface area contributed by atoms with Crippen molar-refractivity contribution in [2.45, 2.75) is 19.2 Å². The number of hydrogen-bond donors (Lipinski definition) is 0. The van der Waals surface area contributed by atoms with Gasteiger partial charge in [0.1, 0.15) is 5.75 Å². The van der Waals surface area contributed by atoms with Crippen LogP contribution in [0.15, 0.2) is 36.4 Å². The van der Waals surface area contributed by atoms with Gasteiger partial charge < -0.3 is 19.4 Å². The number of carbonyl (C=O) groups is 1. The Morgan fingerprint density at radius 3 is 2.03 bits per heavy atom. The van der Waals surface area contributed by atoms with Gasteiger partial charge >= 0.3 is 6.36 Å². The lowest BCUT2D eigenvalue weighted by molar-refractivity contribution is -0.274. The van der Waals surface area contributed by atoms with Gasteiger partial charge in [-0.1, -0.05) is 6.07 Å². The quantitative estimate of drug-likeness (QED) is 0.757. The van der Waals surface area contributed by atoms with Crippen LogP contribution in [0.25, 0.3) is 0 Å². The molecule has 0 radical (unpaired) electrons. The van der Waals surface area contributed by atoms with Gasteiger partial charge in [-0.2, -0.15) is 0 Å². The maximum absolute atomic E-state index is 12.7. The van der Waals surface area contributed by atoms with Crippen molar-refractivity contribution in [1.82, 2.24) is 15.1 Å². The highest BCUT2D eigenvalue weighted by Gasteiger charge is 2.31. The van der Waals surface area contributed by atoms with Gasteiger partial charge in [-0.15, -0.1) is 23.4 Å². The summed E-state index contributed by atoms with van der Waals surface area (Å²) in [6.07, 6.45) is -2.45. The van der Waals surface area contributed by atoms with E-state index in [9.17, 15) is 18.0 Å². The Hall–Kier alpha value is -3.04. The number of ether oxygens (including phenoxy) is 1. The second-order valence-electron chi connectivity index (χ2n) is 7.30. The largest absolute Gasteiger partial charge is 0.573 e. The van der Waals surface area contributed by atoms with Crippen LogP contribution in [0.5, 0.6) is 5.75 Å². The molecule has 2 saturated heterocycles. The second-order valence-corrected chi connectivity index (χ2v) is 7.30. The number of carbonyl (C=O) groups excluding carboxylic acids is 1. The first kappa shape index (κ1) is 20.2. The summed E-state index contributed by atoms with van der Waals surface area (Å²) < 4.78 is 41.1. The predicted molar refractivity (Wildman–Crippen MR) is 105 cm³/mol. The Balaban J connectivity index is 1.35. The highest BCUT2D eigenvalue weighted by atomic mass is 19.4. The highest BCUT2D eigenvalue weighted by molar-refractivity contribution is 5.94. The van der Waals surface area contributed by atoms with Crippen molar-refractivity contribution >= 4 is 17.5 Å². The van der Waals surface area contributed by atoms with Crippen molar-refractivity contribution in [1.29, 1.82) is 0 Å². The van der Waals surface area contributed by atoms with E-state index in [-0.39, 0.29) is 11.5 Å². The molecule has 1 aromatic carbocycles. The van der Waals surface area contributed by atoms with Gasteiger partial charge in [-0.3, -0.25) is 4.79 Å². The van der Waals surface area contributed by atoms with Crippen LogP contribution in [-0.2, 0) is 0 Å². The molecular weight excluding hydrogens is 399 g/mol. The van der Waals surface area contributed by atoms with Crippen LogP contribution >= 0.6 is 0 Å². The average molecular weight is 421 g/mol. The molecule has 30 heavy (non-hydrogen) atoms. The van der Waals surface area contributed by atoms with Gasteiger partial charge in [0.2, 0.25) is 0 Å². The second kappa shape index (κ2) is 8.37. The molecule has 2 fully saturated rings. The van der Waals surface area contributed by atoms with Crippen molar-refractivity contribution < 1.29 is 22.7 Å². The molecule has 0 N–H and O–H groups in total. The number of amides is 1.